The quantitative estimate of drug-likeness (QED) is 0.555. The average molecular weight is 156 g/mol. The van der Waals surface area contributed by atoms with E-state index >= 15 is 0 Å². The van der Waals surface area contributed by atoms with Gasteiger partial charge in [-0.25, -0.2) is 0 Å². The van der Waals surface area contributed by atoms with Crippen LogP contribution in [0.3, 0.4) is 0 Å². The lowest BCUT2D eigenvalue weighted by molar-refractivity contribution is -0.144. The third kappa shape index (κ3) is 1.15. The predicted molar refractivity (Wildman–Crippen MR) is 38.9 cm³/mol. The van der Waals surface area contributed by atoms with E-state index in [-0.39, 0.29) is 17.7 Å². The summed E-state index contributed by atoms with van der Waals surface area (Å²) in [6, 6.07) is 0. The molecule has 0 aromatic rings. The Bertz CT molecular complexity index is 209. The second kappa shape index (κ2) is 2.32. The zero-order valence-electron chi connectivity index (χ0n) is 7.01. The molecule has 62 valence electrons. The van der Waals surface area contributed by atoms with Crippen LogP contribution in [0.25, 0.3) is 0 Å². The molecule has 0 N–H and O–H groups in total. The van der Waals surface area contributed by atoms with Crippen molar-refractivity contribution in [3.05, 3.63) is 0 Å². The van der Waals surface area contributed by atoms with E-state index in [4.69, 9.17) is 0 Å². The van der Waals surface area contributed by atoms with E-state index in [0.717, 1.165) is 0 Å². The van der Waals surface area contributed by atoms with Gasteiger partial charge >= 0.3 is 5.97 Å². The number of ketones is 1. The fourth-order valence-corrected chi connectivity index (χ4v) is 1.24. The third-order valence-corrected chi connectivity index (χ3v) is 2.53. The van der Waals surface area contributed by atoms with E-state index in [0.29, 0.717) is 6.42 Å². The molecular weight excluding hydrogens is 144 g/mol. The normalized spacial score (nSPS) is 34.6. The molecule has 0 aliphatic heterocycles. The zero-order valence-corrected chi connectivity index (χ0v) is 7.01. The van der Waals surface area contributed by atoms with Crippen LogP contribution in [0.5, 0.6) is 0 Å². The van der Waals surface area contributed by atoms with E-state index in [1.807, 2.05) is 0 Å². The number of hydrogen-bond donors (Lipinski definition) is 0. The molecule has 0 spiro atoms. The lowest BCUT2D eigenvalue weighted by Crippen LogP contribution is -2.15. The number of carbonyl (C=O) groups is 2. The SMILES string of the molecule is COC(=O)[C@@H]1C[C@]1(C)C(C)=O. The molecule has 0 amide bonds. The summed E-state index contributed by atoms with van der Waals surface area (Å²) in [5.74, 6) is -0.374. The minimum atomic E-state index is -0.424. The van der Waals surface area contributed by atoms with Gasteiger partial charge in [0.1, 0.15) is 5.78 Å². The lowest BCUT2D eigenvalue weighted by Gasteiger charge is -2.03. The smallest absolute Gasteiger partial charge is 0.309 e. The fourth-order valence-electron chi connectivity index (χ4n) is 1.24. The Labute approximate surface area is 65.7 Å². The minimum absolute atomic E-state index is 0.0768. The molecule has 1 rings (SSSR count). The van der Waals surface area contributed by atoms with Gasteiger partial charge in [-0.1, -0.05) is 6.92 Å². The van der Waals surface area contributed by atoms with Crippen LogP contribution in [0.4, 0.5) is 0 Å². The predicted octanol–water partition coefficient (Wildman–Crippen LogP) is 0.775. The number of hydrogen-bond acceptors (Lipinski definition) is 3. The molecule has 0 saturated heterocycles. The Morgan fingerprint density at radius 3 is 2.36 bits per heavy atom. The summed E-state index contributed by atoms with van der Waals surface area (Å²) in [7, 11) is 1.35. The number of methoxy groups -OCH3 is 1. The largest absolute Gasteiger partial charge is 0.469 e. The van der Waals surface area contributed by atoms with Gasteiger partial charge < -0.3 is 4.74 Å². The van der Waals surface area contributed by atoms with Crippen LogP contribution >= 0.6 is 0 Å². The summed E-state index contributed by atoms with van der Waals surface area (Å²) < 4.78 is 4.53. The van der Waals surface area contributed by atoms with Crippen molar-refractivity contribution in [3.63, 3.8) is 0 Å². The lowest BCUT2D eigenvalue weighted by atomic mass is 10.0. The second-order valence-corrected chi connectivity index (χ2v) is 3.25. The van der Waals surface area contributed by atoms with Gasteiger partial charge in [-0.05, 0) is 13.3 Å². The molecule has 1 aliphatic carbocycles. The van der Waals surface area contributed by atoms with E-state index < -0.39 is 5.41 Å². The molecular formula is C8H12O3. The Morgan fingerprint density at radius 2 is 2.09 bits per heavy atom. The van der Waals surface area contributed by atoms with Gasteiger partial charge in [0.05, 0.1) is 13.0 Å². The Morgan fingerprint density at radius 1 is 1.55 bits per heavy atom. The van der Waals surface area contributed by atoms with Gasteiger partial charge in [0.15, 0.2) is 0 Å². The monoisotopic (exact) mass is 156 g/mol. The summed E-state index contributed by atoms with van der Waals surface area (Å²) in [5.41, 5.74) is -0.424. The van der Waals surface area contributed by atoms with Crippen molar-refractivity contribution < 1.29 is 14.3 Å². The molecule has 1 saturated carbocycles. The van der Waals surface area contributed by atoms with Crippen LogP contribution in [0.15, 0.2) is 0 Å². The molecule has 2 atom stereocenters. The van der Waals surface area contributed by atoms with Crippen molar-refractivity contribution in [2.45, 2.75) is 20.3 Å². The topological polar surface area (TPSA) is 43.4 Å². The molecule has 0 unspecified atom stereocenters. The molecule has 0 bridgehead atoms. The molecule has 0 aromatic carbocycles. The van der Waals surface area contributed by atoms with Gasteiger partial charge in [-0.3, -0.25) is 9.59 Å². The van der Waals surface area contributed by atoms with Gasteiger partial charge in [0.2, 0.25) is 0 Å². The van der Waals surface area contributed by atoms with Gasteiger partial charge in [0, 0.05) is 5.41 Å². The van der Waals surface area contributed by atoms with Crippen molar-refractivity contribution in [1.29, 1.82) is 0 Å². The summed E-state index contributed by atoms with van der Waals surface area (Å²) in [5, 5.41) is 0. The molecule has 11 heavy (non-hydrogen) atoms. The molecule has 0 aromatic heterocycles. The maximum absolute atomic E-state index is 11.0. The first kappa shape index (κ1) is 8.24. The van der Waals surface area contributed by atoms with Gasteiger partial charge in [-0.15, -0.1) is 0 Å². The molecule has 0 heterocycles. The number of esters is 1. The molecule has 3 heteroatoms. The van der Waals surface area contributed by atoms with Crippen LogP contribution in [0.1, 0.15) is 20.3 Å². The van der Waals surface area contributed by atoms with Crippen LogP contribution in [-0.4, -0.2) is 18.9 Å². The summed E-state index contributed by atoms with van der Waals surface area (Å²) in [6.07, 6.45) is 0.648. The Balaban J connectivity index is 2.60. The summed E-state index contributed by atoms with van der Waals surface area (Å²) >= 11 is 0. The van der Waals surface area contributed by atoms with Crippen LogP contribution in [-0.2, 0) is 14.3 Å². The molecule has 3 nitrogen and oxygen atoms in total. The van der Waals surface area contributed by atoms with E-state index in [1.165, 1.54) is 14.0 Å². The summed E-state index contributed by atoms with van der Waals surface area (Å²) in [4.78, 5) is 21.9. The molecule has 0 radical (unpaired) electrons. The first-order chi connectivity index (χ1) is 5.02. The first-order valence-electron chi connectivity index (χ1n) is 3.61. The highest BCUT2D eigenvalue weighted by Crippen LogP contribution is 2.53. The van der Waals surface area contributed by atoms with Gasteiger partial charge in [0.25, 0.3) is 0 Å². The highest BCUT2D eigenvalue weighted by Gasteiger charge is 2.58. The van der Waals surface area contributed by atoms with Crippen molar-refractivity contribution in [2.75, 3.05) is 7.11 Å². The van der Waals surface area contributed by atoms with Crippen LogP contribution < -0.4 is 0 Å². The number of Topliss-reactive ketones (excluding diaryl/α,β-unsaturated/α-hetero) is 1. The highest BCUT2D eigenvalue weighted by atomic mass is 16.5. The van der Waals surface area contributed by atoms with Crippen molar-refractivity contribution in [3.8, 4) is 0 Å². The second-order valence-electron chi connectivity index (χ2n) is 3.25. The van der Waals surface area contributed by atoms with E-state index in [2.05, 4.69) is 4.74 Å². The standard InChI is InChI=1S/C8H12O3/c1-5(9)8(2)4-6(8)7(10)11-3/h6H,4H2,1-3H3/t6-,8+/m0/s1. The van der Waals surface area contributed by atoms with E-state index in [1.54, 1.807) is 6.92 Å². The maximum atomic E-state index is 11.0. The average Bonchev–Trinajstić information content (AvgIpc) is 2.63. The number of rotatable bonds is 2. The van der Waals surface area contributed by atoms with E-state index in [9.17, 15) is 9.59 Å². The van der Waals surface area contributed by atoms with Crippen molar-refractivity contribution in [2.24, 2.45) is 11.3 Å². The number of ether oxygens (including phenoxy) is 1. The molecule has 1 fully saturated rings. The first-order valence-corrected chi connectivity index (χ1v) is 3.61. The Kier molecular flexibility index (Phi) is 1.74. The minimum Gasteiger partial charge on any atom is -0.469 e. The summed E-state index contributed by atoms with van der Waals surface area (Å²) in [6.45, 7) is 3.32. The Hall–Kier alpha value is -0.860. The fraction of sp³-hybridized carbons (Fsp3) is 0.750. The number of carbonyl (C=O) groups excluding carboxylic acids is 2. The van der Waals surface area contributed by atoms with Crippen LogP contribution in [0.2, 0.25) is 0 Å². The third-order valence-electron chi connectivity index (χ3n) is 2.53. The zero-order chi connectivity index (χ0) is 8.65. The maximum Gasteiger partial charge on any atom is 0.309 e. The van der Waals surface area contributed by atoms with Crippen molar-refractivity contribution in [1.82, 2.24) is 0 Å². The highest BCUT2D eigenvalue weighted by molar-refractivity contribution is 5.93. The van der Waals surface area contributed by atoms with Crippen LogP contribution in [0, 0.1) is 11.3 Å². The van der Waals surface area contributed by atoms with Gasteiger partial charge in [-0.2, -0.15) is 0 Å². The van der Waals surface area contributed by atoms with Crippen molar-refractivity contribution >= 4 is 11.8 Å². The molecule has 1 aliphatic rings.